The molecule has 0 spiro atoms. The predicted octanol–water partition coefficient (Wildman–Crippen LogP) is 1.53. The van der Waals surface area contributed by atoms with Gasteiger partial charge in [0.25, 0.3) is 0 Å². The Labute approximate surface area is 86.2 Å². The molecule has 0 aliphatic carbocycles. The maximum absolute atomic E-state index is 5.45. The van der Waals surface area contributed by atoms with Crippen LogP contribution in [0, 0.1) is 0 Å². The molecule has 0 radical (unpaired) electrons. The van der Waals surface area contributed by atoms with Gasteiger partial charge in [0, 0.05) is 6.08 Å². The minimum absolute atomic E-state index is 0.325. The maximum Gasteiger partial charge on any atom is 0.190 e. The van der Waals surface area contributed by atoms with Gasteiger partial charge in [-0.25, -0.2) is 0 Å². The zero-order valence-corrected chi connectivity index (χ0v) is 9.54. The maximum atomic E-state index is 5.45. The van der Waals surface area contributed by atoms with E-state index in [0.717, 1.165) is 16.8 Å². The van der Waals surface area contributed by atoms with Gasteiger partial charge in [-0.2, -0.15) is 0 Å². The molecule has 1 aliphatic heterocycles. The Morgan fingerprint density at radius 2 is 2.14 bits per heavy atom. The lowest BCUT2D eigenvalue weighted by Gasteiger charge is -2.23. The van der Waals surface area contributed by atoms with Crippen molar-refractivity contribution in [2.75, 3.05) is 34.5 Å². The average Bonchev–Trinajstić information content (AvgIpc) is 2.43. The van der Waals surface area contributed by atoms with Crippen molar-refractivity contribution in [3.8, 4) is 0 Å². The summed E-state index contributed by atoms with van der Waals surface area (Å²) < 4.78 is 11.7. The van der Waals surface area contributed by atoms with Gasteiger partial charge in [0.05, 0.1) is 21.1 Å². The summed E-state index contributed by atoms with van der Waals surface area (Å²) in [6.07, 6.45) is 3.86. The first kappa shape index (κ1) is 11.3. The van der Waals surface area contributed by atoms with Crippen LogP contribution in [0.1, 0.15) is 6.92 Å². The quantitative estimate of drug-likeness (QED) is 0.506. The molecule has 0 aromatic carbocycles. The number of likely N-dealkylation sites (N-methyl/N-ethyl adjacent to an activating group) is 1. The normalized spacial score (nSPS) is 30.4. The number of hydrogen-bond donors (Lipinski definition) is 0. The van der Waals surface area contributed by atoms with Crippen molar-refractivity contribution in [3.63, 3.8) is 0 Å². The van der Waals surface area contributed by atoms with Crippen LogP contribution in [0.25, 0.3) is 0 Å². The lowest BCUT2D eigenvalue weighted by Crippen LogP contribution is -2.35. The molecular formula is C11H20NO2+. The molecule has 1 saturated heterocycles. The van der Waals surface area contributed by atoms with Crippen LogP contribution in [0.2, 0.25) is 0 Å². The van der Waals surface area contributed by atoms with Crippen LogP contribution < -0.4 is 0 Å². The number of ether oxygens (including phenoxy) is 2. The van der Waals surface area contributed by atoms with Gasteiger partial charge in [-0.15, -0.1) is 0 Å². The molecule has 1 fully saturated rings. The van der Waals surface area contributed by atoms with Gasteiger partial charge in [-0.3, -0.25) is 0 Å². The molecule has 1 rings (SSSR count). The van der Waals surface area contributed by atoms with E-state index in [-0.39, 0.29) is 0 Å². The van der Waals surface area contributed by atoms with Gasteiger partial charge >= 0.3 is 0 Å². The number of rotatable bonds is 3. The van der Waals surface area contributed by atoms with E-state index >= 15 is 0 Å². The summed E-state index contributed by atoms with van der Waals surface area (Å²) in [5, 5.41) is 0. The Bertz CT molecular complexity index is 253. The zero-order chi connectivity index (χ0) is 10.8. The van der Waals surface area contributed by atoms with Crippen LogP contribution in [0.15, 0.2) is 24.5 Å². The van der Waals surface area contributed by atoms with Gasteiger partial charge in [0.1, 0.15) is 17.9 Å². The van der Waals surface area contributed by atoms with Crippen molar-refractivity contribution < 1.29 is 14.0 Å². The summed E-state index contributed by atoms with van der Waals surface area (Å²) >= 11 is 0. The van der Waals surface area contributed by atoms with E-state index in [2.05, 4.69) is 33.8 Å². The van der Waals surface area contributed by atoms with Gasteiger partial charge in [0.2, 0.25) is 0 Å². The SMILES string of the molecule is C=C[C@]1(C)OCO/C1=C\C[N+](C)(C)C. The molecule has 14 heavy (non-hydrogen) atoms. The zero-order valence-electron chi connectivity index (χ0n) is 9.54. The minimum Gasteiger partial charge on any atom is -0.469 e. The largest absolute Gasteiger partial charge is 0.469 e. The molecule has 0 unspecified atom stereocenters. The van der Waals surface area contributed by atoms with E-state index in [0.29, 0.717) is 6.79 Å². The van der Waals surface area contributed by atoms with E-state index in [9.17, 15) is 0 Å². The number of quaternary nitrogens is 1. The lowest BCUT2D eigenvalue weighted by atomic mass is 10.0. The van der Waals surface area contributed by atoms with E-state index in [1.807, 2.05) is 6.92 Å². The van der Waals surface area contributed by atoms with Crippen molar-refractivity contribution in [2.24, 2.45) is 0 Å². The summed E-state index contributed by atoms with van der Waals surface area (Å²) in [5.41, 5.74) is -0.435. The van der Waals surface area contributed by atoms with Crippen molar-refractivity contribution in [1.29, 1.82) is 0 Å². The lowest BCUT2D eigenvalue weighted by molar-refractivity contribution is -0.864. The summed E-state index contributed by atoms with van der Waals surface area (Å²) in [4.78, 5) is 0. The van der Waals surface area contributed by atoms with Gasteiger partial charge in [0.15, 0.2) is 6.79 Å². The third-order valence-corrected chi connectivity index (χ3v) is 2.28. The van der Waals surface area contributed by atoms with Gasteiger partial charge < -0.3 is 14.0 Å². The molecule has 0 saturated carbocycles. The van der Waals surface area contributed by atoms with Crippen molar-refractivity contribution in [1.82, 2.24) is 0 Å². The van der Waals surface area contributed by atoms with E-state index in [4.69, 9.17) is 9.47 Å². The Kier molecular flexibility index (Phi) is 3.02. The summed E-state index contributed by atoms with van der Waals surface area (Å²) in [5.74, 6) is 0.876. The Morgan fingerprint density at radius 3 is 2.64 bits per heavy atom. The highest BCUT2D eigenvalue weighted by molar-refractivity contribution is 5.19. The summed E-state index contributed by atoms with van der Waals surface area (Å²) in [6, 6.07) is 0. The molecule has 0 bridgehead atoms. The molecule has 3 heteroatoms. The van der Waals surface area contributed by atoms with E-state index < -0.39 is 5.60 Å². The number of hydrogen-bond acceptors (Lipinski definition) is 2. The fourth-order valence-corrected chi connectivity index (χ4v) is 1.21. The molecule has 80 valence electrons. The van der Waals surface area contributed by atoms with Crippen LogP contribution in [0.4, 0.5) is 0 Å². The minimum atomic E-state index is -0.435. The second-order valence-electron chi connectivity index (χ2n) is 4.76. The molecule has 0 N–H and O–H groups in total. The highest BCUT2D eigenvalue weighted by Crippen LogP contribution is 2.29. The molecule has 1 heterocycles. The first-order valence-electron chi connectivity index (χ1n) is 4.79. The fraction of sp³-hybridized carbons (Fsp3) is 0.636. The molecule has 1 atom stereocenters. The third-order valence-electron chi connectivity index (χ3n) is 2.28. The standard InChI is InChI=1S/C11H20NO2/c1-6-11(2)10(13-9-14-11)7-8-12(3,4)5/h6-7H,1,8-9H2,2-5H3/q+1/b10-7-/t11-/m0/s1. The van der Waals surface area contributed by atoms with Crippen LogP contribution in [-0.2, 0) is 9.47 Å². The second kappa shape index (κ2) is 3.75. The predicted molar refractivity (Wildman–Crippen MR) is 56.6 cm³/mol. The molecule has 0 amide bonds. The van der Waals surface area contributed by atoms with Crippen molar-refractivity contribution >= 4 is 0 Å². The van der Waals surface area contributed by atoms with Crippen LogP contribution in [0.5, 0.6) is 0 Å². The monoisotopic (exact) mass is 198 g/mol. The van der Waals surface area contributed by atoms with E-state index in [1.54, 1.807) is 6.08 Å². The first-order valence-corrected chi connectivity index (χ1v) is 4.79. The second-order valence-corrected chi connectivity index (χ2v) is 4.76. The fourth-order valence-electron chi connectivity index (χ4n) is 1.21. The van der Waals surface area contributed by atoms with Crippen molar-refractivity contribution in [3.05, 3.63) is 24.5 Å². The highest BCUT2D eigenvalue weighted by atomic mass is 16.7. The summed E-state index contributed by atoms with van der Waals surface area (Å²) in [7, 11) is 6.41. The third kappa shape index (κ3) is 2.59. The summed E-state index contributed by atoms with van der Waals surface area (Å²) in [6.45, 7) is 6.97. The molecule has 0 aromatic heterocycles. The van der Waals surface area contributed by atoms with Gasteiger partial charge in [-0.1, -0.05) is 12.7 Å². The van der Waals surface area contributed by atoms with Crippen LogP contribution in [-0.4, -0.2) is 44.6 Å². The molecular weight excluding hydrogens is 178 g/mol. The number of nitrogens with zero attached hydrogens (tertiary/aromatic N) is 1. The smallest absolute Gasteiger partial charge is 0.190 e. The first-order chi connectivity index (χ1) is 6.37. The van der Waals surface area contributed by atoms with Crippen LogP contribution in [0.3, 0.4) is 0 Å². The average molecular weight is 198 g/mol. The van der Waals surface area contributed by atoms with E-state index in [1.165, 1.54) is 0 Å². The van der Waals surface area contributed by atoms with Crippen molar-refractivity contribution in [2.45, 2.75) is 12.5 Å². The Balaban J connectivity index is 2.72. The Hall–Kier alpha value is -0.800. The molecule has 3 nitrogen and oxygen atoms in total. The topological polar surface area (TPSA) is 18.5 Å². The Morgan fingerprint density at radius 1 is 1.50 bits per heavy atom. The molecule has 0 aromatic rings. The highest BCUT2D eigenvalue weighted by Gasteiger charge is 2.34. The van der Waals surface area contributed by atoms with Crippen LogP contribution >= 0.6 is 0 Å². The van der Waals surface area contributed by atoms with Gasteiger partial charge in [-0.05, 0) is 6.92 Å². The molecule has 1 aliphatic rings.